The van der Waals surface area contributed by atoms with Crippen molar-refractivity contribution in [2.45, 2.75) is 18.8 Å². The molecule has 1 atom stereocenters. The highest BCUT2D eigenvalue weighted by Gasteiger charge is 2.22. The van der Waals surface area contributed by atoms with Gasteiger partial charge in [0.2, 0.25) is 0 Å². The lowest BCUT2D eigenvalue weighted by Gasteiger charge is -2.14. The second-order valence-corrected chi connectivity index (χ2v) is 8.17. The first-order chi connectivity index (χ1) is 13.0. The van der Waals surface area contributed by atoms with Gasteiger partial charge in [0.25, 0.3) is 5.91 Å². The molecule has 10 heteroatoms. The summed E-state index contributed by atoms with van der Waals surface area (Å²) in [4.78, 5) is 24.2. The number of hydrogen-bond acceptors (Lipinski definition) is 5. The first kappa shape index (κ1) is 21.4. The normalized spacial score (nSPS) is 12.3. The number of amides is 1. The van der Waals surface area contributed by atoms with Gasteiger partial charge >= 0.3 is 5.97 Å². The van der Waals surface area contributed by atoms with Crippen LogP contribution in [-0.4, -0.2) is 32.7 Å². The molecule has 2 rings (SSSR count). The average molecular weight is 415 g/mol. The third-order valence-electron chi connectivity index (χ3n) is 3.54. The molecule has 1 N–H and O–H groups in total. The number of benzene rings is 2. The van der Waals surface area contributed by atoms with E-state index in [0.717, 1.165) is 12.3 Å². The Morgan fingerprint density at radius 3 is 2.43 bits per heavy atom. The molecule has 0 spiro atoms. The van der Waals surface area contributed by atoms with Crippen LogP contribution in [0.1, 0.15) is 22.8 Å². The number of esters is 1. The number of rotatable bonds is 6. The monoisotopic (exact) mass is 415 g/mol. The molecule has 0 saturated carbocycles. The summed E-state index contributed by atoms with van der Waals surface area (Å²) < 4.78 is 67.4. The predicted molar refractivity (Wildman–Crippen MR) is 94.8 cm³/mol. The molecule has 2 aromatic carbocycles. The Labute approximate surface area is 159 Å². The van der Waals surface area contributed by atoms with E-state index < -0.39 is 51.0 Å². The van der Waals surface area contributed by atoms with Crippen LogP contribution in [0.3, 0.4) is 0 Å². The topological polar surface area (TPSA) is 89.5 Å². The molecule has 0 aromatic heterocycles. The molecule has 0 radical (unpaired) electrons. The summed E-state index contributed by atoms with van der Waals surface area (Å²) in [6, 6.07) is 7.11. The molecule has 0 unspecified atom stereocenters. The molecule has 0 saturated heterocycles. The van der Waals surface area contributed by atoms with Crippen LogP contribution >= 0.6 is 0 Å². The van der Waals surface area contributed by atoms with Crippen molar-refractivity contribution in [2.75, 3.05) is 11.6 Å². The summed E-state index contributed by atoms with van der Waals surface area (Å²) in [5.41, 5.74) is -0.236. The molecule has 0 aliphatic heterocycles. The van der Waals surface area contributed by atoms with Crippen molar-refractivity contribution in [2.24, 2.45) is 0 Å². The minimum atomic E-state index is -3.31. The van der Waals surface area contributed by atoms with Crippen LogP contribution in [0, 0.1) is 17.5 Å². The van der Waals surface area contributed by atoms with Gasteiger partial charge in [-0.3, -0.25) is 4.79 Å². The standard InChI is InChI=1S/C18H16F3NO5S/c1-10(17(23)22-14-7-6-13(19)15(20)16(14)21)27-18(24)12-5-3-4-11(8-12)9-28(2,25)26/h3-8,10H,9H2,1-2H3,(H,22,23)/t10-/m0/s1. The third kappa shape index (κ3) is 5.56. The lowest BCUT2D eigenvalue weighted by atomic mass is 10.1. The fourth-order valence-electron chi connectivity index (χ4n) is 2.23. The molecule has 2 aromatic rings. The smallest absolute Gasteiger partial charge is 0.338 e. The first-order valence-electron chi connectivity index (χ1n) is 7.90. The summed E-state index contributed by atoms with van der Waals surface area (Å²) in [6.45, 7) is 1.20. The molecule has 28 heavy (non-hydrogen) atoms. The second-order valence-electron chi connectivity index (χ2n) is 6.03. The van der Waals surface area contributed by atoms with Crippen LogP contribution < -0.4 is 5.32 Å². The largest absolute Gasteiger partial charge is 0.449 e. The summed E-state index contributed by atoms with van der Waals surface area (Å²) in [5.74, 6) is -6.90. The van der Waals surface area contributed by atoms with Gasteiger partial charge in [-0.2, -0.15) is 0 Å². The zero-order valence-corrected chi connectivity index (χ0v) is 15.6. The molecular formula is C18H16F3NO5S. The Bertz CT molecular complexity index is 1020. The van der Waals surface area contributed by atoms with Crippen LogP contribution in [0.25, 0.3) is 0 Å². The molecule has 0 aliphatic rings. The number of carbonyl (C=O) groups is 2. The second kappa shape index (κ2) is 8.42. The number of ether oxygens (including phenoxy) is 1. The van der Waals surface area contributed by atoms with Gasteiger partial charge in [-0.15, -0.1) is 0 Å². The highest BCUT2D eigenvalue weighted by molar-refractivity contribution is 7.89. The molecular weight excluding hydrogens is 399 g/mol. The summed E-state index contributed by atoms with van der Waals surface area (Å²) in [7, 11) is -3.31. The number of nitrogens with one attached hydrogen (secondary N) is 1. The molecule has 6 nitrogen and oxygen atoms in total. The van der Waals surface area contributed by atoms with Gasteiger partial charge in [0.15, 0.2) is 33.4 Å². The predicted octanol–water partition coefficient (Wildman–Crippen LogP) is 2.83. The van der Waals surface area contributed by atoms with E-state index >= 15 is 0 Å². The summed E-state index contributed by atoms with van der Waals surface area (Å²) >= 11 is 0. The average Bonchev–Trinajstić information content (AvgIpc) is 2.60. The quantitative estimate of drug-likeness (QED) is 0.579. The lowest BCUT2D eigenvalue weighted by molar-refractivity contribution is -0.123. The van der Waals surface area contributed by atoms with E-state index in [1.807, 2.05) is 5.32 Å². The molecule has 0 fully saturated rings. The van der Waals surface area contributed by atoms with Crippen molar-refractivity contribution in [3.63, 3.8) is 0 Å². The Morgan fingerprint density at radius 1 is 1.11 bits per heavy atom. The number of anilines is 1. The number of carbonyl (C=O) groups excluding carboxylic acids is 2. The molecule has 150 valence electrons. The number of halogens is 3. The summed E-state index contributed by atoms with van der Waals surface area (Å²) in [6.07, 6.45) is -0.347. The van der Waals surface area contributed by atoms with Crippen LogP contribution in [-0.2, 0) is 25.1 Å². The van der Waals surface area contributed by atoms with Crippen molar-refractivity contribution in [1.29, 1.82) is 0 Å². The van der Waals surface area contributed by atoms with E-state index in [1.54, 1.807) is 0 Å². The van der Waals surface area contributed by atoms with E-state index in [0.29, 0.717) is 11.6 Å². The van der Waals surface area contributed by atoms with Gasteiger partial charge in [0.1, 0.15) is 0 Å². The van der Waals surface area contributed by atoms with E-state index in [-0.39, 0.29) is 11.3 Å². The number of sulfone groups is 1. The van der Waals surface area contributed by atoms with E-state index in [1.165, 1.54) is 31.2 Å². The van der Waals surface area contributed by atoms with Crippen molar-refractivity contribution in [3.05, 3.63) is 65.0 Å². The van der Waals surface area contributed by atoms with E-state index in [2.05, 4.69) is 0 Å². The van der Waals surface area contributed by atoms with Crippen LogP contribution in [0.15, 0.2) is 36.4 Å². The van der Waals surface area contributed by atoms with E-state index in [9.17, 15) is 31.2 Å². The van der Waals surface area contributed by atoms with Gasteiger partial charge in [-0.1, -0.05) is 12.1 Å². The van der Waals surface area contributed by atoms with Gasteiger partial charge in [0.05, 0.1) is 17.0 Å². The maximum Gasteiger partial charge on any atom is 0.338 e. The maximum atomic E-state index is 13.6. The fraction of sp³-hybridized carbons (Fsp3) is 0.222. The number of hydrogen-bond donors (Lipinski definition) is 1. The Hall–Kier alpha value is -2.88. The minimum absolute atomic E-state index is 0.0137. The van der Waals surface area contributed by atoms with Crippen LogP contribution in [0.5, 0.6) is 0 Å². The highest BCUT2D eigenvalue weighted by Crippen LogP contribution is 2.20. The maximum absolute atomic E-state index is 13.6. The van der Waals surface area contributed by atoms with Crippen molar-refractivity contribution in [3.8, 4) is 0 Å². The van der Waals surface area contributed by atoms with Crippen molar-refractivity contribution >= 4 is 27.4 Å². The zero-order valence-electron chi connectivity index (χ0n) is 14.8. The minimum Gasteiger partial charge on any atom is -0.449 e. The van der Waals surface area contributed by atoms with Gasteiger partial charge in [-0.05, 0) is 36.8 Å². The first-order valence-corrected chi connectivity index (χ1v) is 9.96. The Morgan fingerprint density at radius 2 is 1.79 bits per heavy atom. The highest BCUT2D eigenvalue weighted by atomic mass is 32.2. The molecule has 0 heterocycles. The van der Waals surface area contributed by atoms with Crippen LogP contribution in [0.4, 0.5) is 18.9 Å². The Kier molecular flexibility index (Phi) is 6.45. The summed E-state index contributed by atoms with van der Waals surface area (Å²) in [5, 5.41) is 2.00. The molecule has 0 aliphatic carbocycles. The zero-order chi connectivity index (χ0) is 21.1. The fourth-order valence-corrected chi connectivity index (χ4v) is 3.01. The lowest BCUT2D eigenvalue weighted by Crippen LogP contribution is -2.30. The van der Waals surface area contributed by atoms with Crippen LogP contribution in [0.2, 0.25) is 0 Å². The SMILES string of the molecule is C[C@H](OC(=O)c1cccc(CS(C)(=O)=O)c1)C(=O)Nc1ccc(F)c(F)c1F. The van der Waals surface area contributed by atoms with Gasteiger partial charge in [-0.25, -0.2) is 26.4 Å². The van der Waals surface area contributed by atoms with Gasteiger partial charge < -0.3 is 10.1 Å². The molecule has 0 bridgehead atoms. The van der Waals surface area contributed by atoms with Gasteiger partial charge in [0, 0.05) is 6.26 Å². The van der Waals surface area contributed by atoms with Crippen molar-refractivity contribution in [1.82, 2.24) is 0 Å². The third-order valence-corrected chi connectivity index (χ3v) is 4.40. The Balaban J connectivity index is 2.07. The van der Waals surface area contributed by atoms with E-state index in [4.69, 9.17) is 4.74 Å². The molecule has 1 amide bonds. The van der Waals surface area contributed by atoms with Crippen molar-refractivity contribution < 1.29 is 35.9 Å².